The molecule has 3 aromatic rings. The predicted octanol–water partition coefficient (Wildman–Crippen LogP) is 5.72. The number of aryl methyl sites for hydroxylation is 1. The lowest BCUT2D eigenvalue weighted by Crippen LogP contribution is -2.17. The Hall–Kier alpha value is -3.55. The number of carbonyl (C=O) groups is 1. The standard InChI is InChI=1S/C23H22F3N3O2/c1-15(2)31-27-12-16-8-10-17(11-9-16)18-6-4-5-7-21(18)28-22(30)19-13-29(3)14-20(19)23(24,25)26/h4-15H,1-3H3,(H,28,30). The molecule has 0 aliphatic carbocycles. The number of benzene rings is 2. The molecular formula is C23H22F3N3O2. The monoisotopic (exact) mass is 429 g/mol. The first-order valence-corrected chi connectivity index (χ1v) is 9.58. The summed E-state index contributed by atoms with van der Waals surface area (Å²) in [4.78, 5) is 17.8. The fraction of sp³-hybridized carbons (Fsp3) is 0.217. The van der Waals surface area contributed by atoms with Gasteiger partial charge in [0.1, 0.15) is 6.10 Å². The Bertz CT molecular complexity index is 1080. The second kappa shape index (κ2) is 9.07. The lowest BCUT2D eigenvalue weighted by molar-refractivity contribution is -0.137. The smallest absolute Gasteiger partial charge is 0.393 e. The predicted molar refractivity (Wildman–Crippen MR) is 114 cm³/mol. The topological polar surface area (TPSA) is 55.6 Å². The number of alkyl halides is 3. The Morgan fingerprint density at radius 3 is 2.42 bits per heavy atom. The van der Waals surface area contributed by atoms with Crippen molar-refractivity contribution in [1.82, 2.24) is 4.57 Å². The highest BCUT2D eigenvalue weighted by molar-refractivity contribution is 6.07. The number of anilines is 1. The highest BCUT2D eigenvalue weighted by atomic mass is 19.4. The summed E-state index contributed by atoms with van der Waals surface area (Å²) in [5, 5.41) is 6.50. The highest BCUT2D eigenvalue weighted by Crippen LogP contribution is 2.34. The summed E-state index contributed by atoms with van der Waals surface area (Å²) in [7, 11) is 1.44. The van der Waals surface area contributed by atoms with Gasteiger partial charge in [0.2, 0.25) is 0 Å². The maximum absolute atomic E-state index is 13.3. The van der Waals surface area contributed by atoms with E-state index in [-0.39, 0.29) is 6.10 Å². The Morgan fingerprint density at radius 1 is 1.10 bits per heavy atom. The van der Waals surface area contributed by atoms with Crippen molar-refractivity contribution in [2.45, 2.75) is 26.1 Å². The molecule has 1 amide bonds. The number of aromatic nitrogens is 1. The molecule has 0 spiro atoms. The van der Waals surface area contributed by atoms with Crippen LogP contribution in [-0.4, -0.2) is 22.8 Å². The SMILES string of the molecule is CC(C)ON=Cc1ccc(-c2ccccc2NC(=O)c2cn(C)cc2C(F)(F)F)cc1. The molecule has 0 atom stereocenters. The van der Waals surface area contributed by atoms with E-state index in [9.17, 15) is 18.0 Å². The average molecular weight is 429 g/mol. The normalized spacial score (nSPS) is 11.8. The van der Waals surface area contributed by atoms with E-state index in [1.165, 1.54) is 11.6 Å². The zero-order valence-electron chi connectivity index (χ0n) is 17.3. The van der Waals surface area contributed by atoms with Gasteiger partial charge < -0.3 is 14.7 Å². The summed E-state index contributed by atoms with van der Waals surface area (Å²) >= 11 is 0. The van der Waals surface area contributed by atoms with Crippen LogP contribution in [0.5, 0.6) is 0 Å². The number of nitrogens with zero attached hydrogens (tertiary/aromatic N) is 2. The molecule has 0 radical (unpaired) electrons. The summed E-state index contributed by atoms with van der Waals surface area (Å²) in [5.74, 6) is -0.824. The molecule has 162 valence electrons. The van der Waals surface area contributed by atoms with Crippen LogP contribution in [0.3, 0.4) is 0 Å². The molecule has 8 heteroatoms. The number of hydrogen-bond acceptors (Lipinski definition) is 3. The Labute approximate surface area is 178 Å². The van der Waals surface area contributed by atoms with Crippen molar-refractivity contribution >= 4 is 17.8 Å². The number of amides is 1. The second-order valence-electron chi connectivity index (χ2n) is 7.26. The molecule has 0 aliphatic heterocycles. The van der Waals surface area contributed by atoms with Gasteiger partial charge in [-0.05, 0) is 31.0 Å². The number of oxime groups is 1. The van der Waals surface area contributed by atoms with Gasteiger partial charge in [0, 0.05) is 30.7 Å². The third-order valence-corrected chi connectivity index (χ3v) is 4.38. The van der Waals surface area contributed by atoms with E-state index >= 15 is 0 Å². The van der Waals surface area contributed by atoms with Gasteiger partial charge in [0.25, 0.3) is 5.91 Å². The maximum atomic E-state index is 13.3. The van der Waals surface area contributed by atoms with E-state index < -0.39 is 23.2 Å². The Morgan fingerprint density at radius 2 is 1.77 bits per heavy atom. The number of para-hydroxylation sites is 1. The van der Waals surface area contributed by atoms with E-state index in [1.807, 2.05) is 38.1 Å². The van der Waals surface area contributed by atoms with Crippen LogP contribution >= 0.6 is 0 Å². The van der Waals surface area contributed by atoms with Crippen LogP contribution in [0, 0.1) is 0 Å². The first-order valence-electron chi connectivity index (χ1n) is 9.58. The fourth-order valence-electron chi connectivity index (χ4n) is 2.99. The largest absolute Gasteiger partial charge is 0.418 e. The molecule has 5 nitrogen and oxygen atoms in total. The lowest BCUT2D eigenvalue weighted by atomic mass is 10.0. The van der Waals surface area contributed by atoms with Gasteiger partial charge in [0.15, 0.2) is 0 Å². The maximum Gasteiger partial charge on any atom is 0.418 e. The van der Waals surface area contributed by atoms with Crippen molar-refractivity contribution in [3.63, 3.8) is 0 Å². The lowest BCUT2D eigenvalue weighted by Gasteiger charge is -2.13. The molecule has 0 saturated carbocycles. The van der Waals surface area contributed by atoms with E-state index in [1.54, 1.807) is 30.5 Å². The average Bonchev–Trinajstić information content (AvgIpc) is 3.11. The number of halogens is 3. The molecule has 2 aromatic carbocycles. The molecule has 1 N–H and O–H groups in total. The minimum atomic E-state index is -4.62. The summed E-state index contributed by atoms with van der Waals surface area (Å²) in [6.07, 6.45) is -0.998. The molecule has 0 unspecified atom stereocenters. The summed E-state index contributed by atoms with van der Waals surface area (Å²) in [6, 6.07) is 14.3. The minimum Gasteiger partial charge on any atom is -0.393 e. The van der Waals surface area contributed by atoms with Gasteiger partial charge in [-0.1, -0.05) is 47.6 Å². The van der Waals surface area contributed by atoms with Crippen molar-refractivity contribution in [1.29, 1.82) is 0 Å². The van der Waals surface area contributed by atoms with Crippen LogP contribution in [-0.2, 0) is 18.1 Å². The van der Waals surface area contributed by atoms with Gasteiger partial charge in [-0.15, -0.1) is 0 Å². The molecular weight excluding hydrogens is 407 g/mol. The molecule has 0 fully saturated rings. The Balaban J connectivity index is 1.85. The fourth-order valence-corrected chi connectivity index (χ4v) is 2.99. The molecule has 0 saturated heterocycles. The highest BCUT2D eigenvalue weighted by Gasteiger charge is 2.36. The van der Waals surface area contributed by atoms with E-state index in [0.717, 1.165) is 23.5 Å². The van der Waals surface area contributed by atoms with Crippen LogP contribution in [0.4, 0.5) is 18.9 Å². The van der Waals surface area contributed by atoms with Crippen molar-refractivity contribution in [3.05, 3.63) is 77.6 Å². The molecule has 1 aromatic heterocycles. The molecule has 3 rings (SSSR count). The van der Waals surface area contributed by atoms with Crippen molar-refractivity contribution in [2.24, 2.45) is 12.2 Å². The summed E-state index contributed by atoms with van der Waals surface area (Å²) in [5.41, 5.74) is 1.31. The van der Waals surface area contributed by atoms with Gasteiger partial charge in [-0.2, -0.15) is 13.2 Å². The third kappa shape index (κ3) is 5.53. The van der Waals surface area contributed by atoms with Crippen molar-refractivity contribution in [2.75, 3.05) is 5.32 Å². The quantitative estimate of drug-likeness (QED) is 0.402. The zero-order chi connectivity index (χ0) is 22.6. The molecule has 31 heavy (non-hydrogen) atoms. The van der Waals surface area contributed by atoms with Crippen LogP contribution < -0.4 is 5.32 Å². The molecule has 1 heterocycles. The number of rotatable bonds is 6. The first kappa shape index (κ1) is 22.1. The van der Waals surface area contributed by atoms with E-state index in [2.05, 4.69) is 10.5 Å². The minimum absolute atomic E-state index is 0.0199. The molecule has 0 aliphatic rings. The Kier molecular flexibility index (Phi) is 6.48. The summed E-state index contributed by atoms with van der Waals surface area (Å²) < 4.78 is 41.0. The van der Waals surface area contributed by atoms with E-state index in [0.29, 0.717) is 11.3 Å². The van der Waals surface area contributed by atoms with Gasteiger partial charge in [-0.3, -0.25) is 4.79 Å². The number of carbonyl (C=O) groups excluding carboxylic acids is 1. The third-order valence-electron chi connectivity index (χ3n) is 4.38. The van der Waals surface area contributed by atoms with Gasteiger partial charge >= 0.3 is 6.18 Å². The number of hydrogen-bond donors (Lipinski definition) is 1. The van der Waals surface area contributed by atoms with Crippen LogP contribution in [0.25, 0.3) is 11.1 Å². The van der Waals surface area contributed by atoms with Crippen LogP contribution in [0.15, 0.2) is 66.1 Å². The number of nitrogens with one attached hydrogen (secondary N) is 1. The van der Waals surface area contributed by atoms with Crippen LogP contribution in [0.1, 0.15) is 35.3 Å². The zero-order valence-corrected chi connectivity index (χ0v) is 17.3. The second-order valence-corrected chi connectivity index (χ2v) is 7.26. The van der Waals surface area contributed by atoms with Crippen molar-refractivity contribution in [3.8, 4) is 11.1 Å². The molecule has 0 bridgehead atoms. The first-order chi connectivity index (χ1) is 14.6. The van der Waals surface area contributed by atoms with E-state index in [4.69, 9.17) is 4.84 Å². The van der Waals surface area contributed by atoms with Gasteiger partial charge in [0.05, 0.1) is 17.3 Å². The van der Waals surface area contributed by atoms with Crippen LogP contribution in [0.2, 0.25) is 0 Å². The van der Waals surface area contributed by atoms with Crippen molar-refractivity contribution < 1.29 is 22.8 Å². The summed E-state index contributed by atoms with van der Waals surface area (Å²) in [6.45, 7) is 3.75. The van der Waals surface area contributed by atoms with Gasteiger partial charge in [-0.25, -0.2) is 0 Å².